The molecule has 1 amide bonds. The minimum Gasteiger partial charge on any atom is -0.351 e. The summed E-state index contributed by atoms with van der Waals surface area (Å²) in [4.78, 5) is 11.3. The summed E-state index contributed by atoms with van der Waals surface area (Å²) in [5, 5.41) is 3.09. The van der Waals surface area contributed by atoms with Gasteiger partial charge in [-0.05, 0) is 26.7 Å². The predicted molar refractivity (Wildman–Crippen MR) is 47.7 cm³/mol. The van der Waals surface area contributed by atoms with Gasteiger partial charge in [0.05, 0.1) is 0 Å². The van der Waals surface area contributed by atoms with Crippen LogP contribution in [0.5, 0.6) is 0 Å². The highest BCUT2D eigenvalue weighted by molar-refractivity contribution is 5.81. The highest BCUT2D eigenvalue weighted by Crippen LogP contribution is 2.51. The van der Waals surface area contributed by atoms with Gasteiger partial charge in [0.15, 0.2) is 0 Å². The van der Waals surface area contributed by atoms with Gasteiger partial charge in [-0.1, -0.05) is 12.8 Å². The van der Waals surface area contributed by atoms with Crippen molar-refractivity contribution in [2.45, 2.75) is 51.5 Å². The normalized spacial score (nSPS) is 31.0. The molecule has 0 aromatic heterocycles. The largest absolute Gasteiger partial charge is 0.351 e. The lowest BCUT2D eigenvalue weighted by atomic mass is 9.71. The molecule has 0 atom stereocenters. The van der Waals surface area contributed by atoms with Gasteiger partial charge in [-0.25, -0.2) is 0 Å². The molecule has 0 bridgehead atoms. The van der Waals surface area contributed by atoms with E-state index in [2.05, 4.69) is 19.2 Å². The van der Waals surface area contributed by atoms with Crippen molar-refractivity contribution in [1.82, 2.24) is 5.32 Å². The number of rotatable bonds is 0. The van der Waals surface area contributed by atoms with Crippen LogP contribution >= 0.6 is 0 Å². The van der Waals surface area contributed by atoms with E-state index in [4.69, 9.17) is 0 Å². The van der Waals surface area contributed by atoms with Crippen molar-refractivity contribution in [2.75, 3.05) is 0 Å². The van der Waals surface area contributed by atoms with Gasteiger partial charge in [0, 0.05) is 17.4 Å². The summed E-state index contributed by atoms with van der Waals surface area (Å²) in [5.74, 6) is 0.252. The lowest BCUT2D eigenvalue weighted by Crippen LogP contribution is -2.45. The first kappa shape index (κ1) is 8.09. The second-order valence-electron chi connectivity index (χ2n) is 4.84. The second kappa shape index (κ2) is 2.24. The molecule has 2 rings (SSSR count). The Kier molecular flexibility index (Phi) is 1.51. The van der Waals surface area contributed by atoms with Gasteiger partial charge < -0.3 is 5.32 Å². The van der Waals surface area contributed by atoms with Gasteiger partial charge in [-0.3, -0.25) is 4.79 Å². The van der Waals surface area contributed by atoms with E-state index < -0.39 is 0 Å². The zero-order valence-electron chi connectivity index (χ0n) is 7.94. The third kappa shape index (κ3) is 0.900. The van der Waals surface area contributed by atoms with E-state index in [0.717, 1.165) is 6.42 Å². The third-order valence-corrected chi connectivity index (χ3v) is 3.84. The van der Waals surface area contributed by atoms with Gasteiger partial charge in [0.1, 0.15) is 0 Å². The minimum atomic E-state index is 0.0422. The summed E-state index contributed by atoms with van der Waals surface area (Å²) in [7, 11) is 0. The van der Waals surface area contributed by atoms with Crippen molar-refractivity contribution in [2.24, 2.45) is 5.41 Å². The van der Waals surface area contributed by atoms with E-state index in [1.165, 1.54) is 25.7 Å². The molecule has 1 saturated heterocycles. The molecule has 2 heteroatoms. The Bertz CT molecular complexity index is 214. The molecule has 0 aromatic rings. The molecule has 2 nitrogen and oxygen atoms in total. The Balaban J connectivity index is 2.29. The maximum Gasteiger partial charge on any atom is 0.221 e. The highest BCUT2D eigenvalue weighted by atomic mass is 16.2. The second-order valence-corrected chi connectivity index (χ2v) is 4.84. The van der Waals surface area contributed by atoms with E-state index in [9.17, 15) is 4.79 Å². The molecule has 1 saturated carbocycles. The average Bonchev–Trinajstić information content (AvgIpc) is 2.42. The molecule has 1 N–H and O–H groups in total. The van der Waals surface area contributed by atoms with Gasteiger partial charge >= 0.3 is 0 Å². The van der Waals surface area contributed by atoms with Crippen molar-refractivity contribution in [3.63, 3.8) is 0 Å². The standard InChI is InChI=1S/C10H17NO/c1-9(2)10(5-3-4-6-10)7-8(12)11-9/h3-7H2,1-2H3,(H,11,12). The fourth-order valence-corrected chi connectivity index (χ4v) is 2.91. The van der Waals surface area contributed by atoms with Crippen LogP contribution in [0.1, 0.15) is 46.0 Å². The number of carbonyl (C=O) groups is 1. The summed E-state index contributed by atoms with van der Waals surface area (Å²) in [6.07, 6.45) is 5.84. The monoisotopic (exact) mass is 167 g/mol. The zero-order chi connectivity index (χ0) is 8.82. The van der Waals surface area contributed by atoms with Crippen LogP contribution in [0.25, 0.3) is 0 Å². The highest BCUT2D eigenvalue weighted by Gasteiger charge is 2.53. The van der Waals surface area contributed by atoms with Gasteiger partial charge in [-0.2, -0.15) is 0 Å². The van der Waals surface area contributed by atoms with Crippen LogP contribution in [-0.4, -0.2) is 11.4 Å². The lowest BCUT2D eigenvalue weighted by molar-refractivity contribution is -0.119. The fraction of sp³-hybridized carbons (Fsp3) is 0.900. The van der Waals surface area contributed by atoms with Crippen molar-refractivity contribution >= 4 is 5.91 Å². The molecular weight excluding hydrogens is 150 g/mol. The van der Waals surface area contributed by atoms with Crippen LogP contribution in [0, 0.1) is 5.41 Å². The summed E-state index contributed by atoms with van der Waals surface area (Å²) in [6.45, 7) is 4.34. The van der Waals surface area contributed by atoms with E-state index in [1.54, 1.807) is 0 Å². The Morgan fingerprint density at radius 1 is 1.25 bits per heavy atom. The first-order valence-corrected chi connectivity index (χ1v) is 4.87. The molecule has 68 valence electrons. The summed E-state index contributed by atoms with van der Waals surface area (Å²) >= 11 is 0. The lowest BCUT2D eigenvalue weighted by Gasteiger charge is -2.36. The molecule has 1 aliphatic carbocycles. The molecule has 0 aromatic carbocycles. The SMILES string of the molecule is CC1(C)NC(=O)CC12CCCC2. The van der Waals surface area contributed by atoms with Crippen molar-refractivity contribution in [3.05, 3.63) is 0 Å². The number of hydrogen-bond acceptors (Lipinski definition) is 1. The quantitative estimate of drug-likeness (QED) is 0.586. The molecule has 1 aliphatic heterocycles. The zero-order valence-corrected chi connectivity index (χ0v) is 7.94. The van der Waals surface area contributed by atoms with Crippen molar-refractivity contribution in [1.29, 1.82) is 0 Å². The predicted octanol–water partition coefficient (Wildman–Crippen LogP) is 1.85. The first-order chi connectivity index (χ1) is 5.56. The van der Waals surface area contributed by atoms with E-state index >= 15 is 0 Å². The number of carbonyl (C=O) groups excluding carboxylic acids is 1. The molecule has 1 spiro atoms. The average molecular weight is 167 g/mol. The minimum absolute atomic E-state index is 0.0422. The van der Waals surface area contributed by atoms with Crippen LogP contribution in [0.2, 0.25) is 0 Å². The fourth-order valence-electron chi connectivity index (χ4n) is 2.91. The number of nitrogens with one attached hydrogen (secondary N) is 1. The number of hydrogen-bond donors (Lipinski definition) is 1. The summed E-state index contributed by atoms with van der Waals surface area (Å²) in [5.41, 5.74) is 0.338. The van der Waals surface area contributed by atoms with E-state index in [-0.39, 0.29) is 11.4 Å². The molecule has 12 heavy (non-hydrogen) atoms. The van der Waals surface area contributed by atoms with Crippen molar-refractivity contribution < 1.29 is 4.79 Å². The molecular formula is C10H17NO. The third-order valence-electron chi connectivity index (χ3n) is 3.84. The summed E-state index contributed by atoms with van der Waals surface area (Å²) in [6, 6.07) is 0. The van der Waals surface area contributed by atoms with Crippen LogP contribution in [0.3, 0.4) is 0 Å². The molecule has 2 fully saturated rings. The molecule has 0 unspecified atom stereocenters. The van der Waals surface area contributed by atoms with Gasteiger partial charge in [0.2, 0.25) is 5.91 Å². The topological polar surface area (TPSA) is 29.1 Å². The van der Waals surface area contributed by atoms with Gasteiger partial charge in [-0.15, -0.1) is 0 Å². The Labute approximate surface area is 73.7 Å². The molecule has 1 heterocycles. The molecule has 2 aliphatic rings. The van der Waals surface area contributed by atoms with Gasteiger partial charge in [0.25, 0.3) is 0 Å². The molecule has 0 radical (unpaired) electrons. The van der Waals surface area contributed by atoms with Crippen LogP contribution in [0.4, 0.5) is 0 Å². The first-order valence-electron chi connectivity index (χ1n) is 4.87. The van der Waals surface area contributed by atoms with E-state index in [0.29, 0.717) is 5.41 Å². The van der Waals surface area contributed by atoms with Crippen molar-refractivity contribution in [3.8, 4) is 0 Å². The number of amides is 1. The van der Waals surface area contributed by atoms with Crippen LogP contribution in [0.15, 0.2) is 0 Å². The Hall–Kier alpha value is -0.530. The maximum absolute atomic E-state index is 11.3. The smallest absolute Gasteiger partial charge is 0.221 e. The van der Waals surface area contributed by atoms with Crippen LogP contribution in [-0.2, 0) is 4.79 Å². The van der Waals surface area contributed by atoms with Crippen LogP contribution < -0.4 is 5.32 Å². The Morgan fingerprint density at radius 3 is 2.25 bits per heavy atom. The van der Waals surface area contributed by atoms with E-state index in [1.807, 2.05) is 0 Å². The summed E-state index contributed by atoms with van der Waals surface area (Å²) < 4.78 is 0. The Morgan fingerprint density at radius 2 is 1.83 bits per heavy atom. The maximum atomic E-state index is 11.3.